The first-order valence-electron chi connectivity index (χ1n) is 9.08. The molecule has 0 aliphatic carbocycles. The van der Waals surface area contributed by atoms with Crippen molar-refractivity contribution in [1.29, 1.82) is 0 Å². The first-order valence-corrected chi connectivity index (χ1v) is 10.2. The van der Waals surface area contributed by atoms with Gasteiger partial charge in [0.25, 0.3) is 0 Å². The summed E-state index contributed by atoms with van der Waals surface area (Å²) in [6.45, 7) is 1.81. The molecule has 6 heteroatoms. The molecule has 29 heavy (non-hydrogen) atoms. The Morgan fingerprint density at radius 3 is 2.00 bits per heavy atom. The zero-order valence-electron chi connectivity index (χ0n) is 15.9. The number of rotatable bonds is 5. The largest absolute Gasteiger partial charge is 0.493 e. The van der Waals surface area contributed by atoms with Crippen LogP contribution >= 0.6 is 0 Å². The van der Waals surface area contributed by atoms with E-state index in [4.69, 9.17) is 8.92 Å². The molecule has 0 bridgehead atoms. The minimum atomic E-state index is -2.08. The van der Waals surface area contributed by atoms with Crippen molar-refractivity contribution in [1.82, 2.24) is 0 Å². The lowest BCUT2D eigenvalue weighted by Crippen LogP contribution is -2.05. The lowest BCUT2D eigenvalue weighted by atomic mass is 9.92. The standard InChI is InChI=1S/C23H18F2O3S/c1-3-28-29(26)23-19(25)13-15-9-5-7-11-17(15)21(23)20-16-10-6-4-8-14(16)12-18(24)22(20)27-2/h4-13H,3H2,1-2H3. The number of hydrogen-bond donors (Lipinski definition) is 0. The Morgan fingerprint density at radius 1 is 0.862 bits per heavy atom. The van der Waals surface area contributed by atoms with Crippen molar-refractivity contribution in [2.45, 2.75) is 11.8 Å². The second-order valence-corrected chi connectivity index (χ2v) is 7.53. The molecular weight excluding hydrogens is 394 g/mol. The van der Waals surface area contributed by atoms with E-state index in [1.54, 1.807) is 49.4 Å². The maximum Gasteiger partial charge on any atom is 0.192 e. The van der Waals surface area contributed by atoms with Crippen LogP contribution in [0.3, 0.4) is 0 Å². The fourth-order valence-corrected chi connectivity index (χ4v) is 4.54. The average molecular weight is 412 g/mol. The van der Waals surface area contributed by atoms with Gasteiger partial charge in [-0.25, -0.2) is 13.0 Å². The molecule has 0 heterocycles. The SMILES string of the molecule is CCOS(=O)c1c(F)cc2ccccc2c1-c1c(OC)c(F)cc2ccccc12. The molecule has 0 aromatic heterocycles. The summed E-state index contributed by atoms with van der Waals surface area (Å²) >= 11 is -2.08. The van der Waals surface area contributed by atoms with Crippen LogP contribution in [0.1, 0.15) is 6.92 Å². The van der Waals surface area contributed by atoms with E-state index in [0.717, 1.165) is 0 Å². The molecule has 1 atom stereocenters. The highest BCUT2D eigenvalue weighted by molar-refractivity contribution is 7.80. The molecule has 0 amide bonds. The summed E-state index contributed by atoms with van der Waals surface area (Å²) in [6.07, 6.45) is 0. The van der Waals surface area contributed by atoms with E-state index in [9.17, 15) is 8.60 Å². The number of methoxy groups -OCH3 is 1. The van der Waals surface area contributed by atoms with E-state index < -0.39 is 22.7 Å². The van der Waals surface area contributed by atoms with E-state index >= 15 is 4.39 Å². The van der Waals surface area contributed by atoms with Crippen LogP contribution in [0.5, 0.6) is 5.75 Å². The van der Waals surface area contributed by atoms with Gasteiger partial charge in [-0.3, -0.25) is 4.18 Å². The topological polar surface area (TPSA) is 35.5 Å². The number of benzene rings is 4. The van der Waals surface area contributed by atoms with E-state index in [1.807, 2.05) is 6.07 Å². The van der Waals surface area contributed by atoms with Gasteiger partial charge in [0, 0.05) is 11.1 Å². The van der Waals surface area contributed by atoms with Crippen molar-refractivity contribution < 1.29 is 21.9 Å². The van der Waals surface area contributed by atoms with Gasteiger partial charge in [-0.1, -0.05) is 48.5 Å². The summed E-state index contributed by atoms with van der Waals surface area (Å²) < 4.78 is 53.5. The first-order chi connectivity index (χ1) is 14.1. The molecule has 0 aliphatic heterocycles. The van der Waals surface area contributed by atoms with Crippen molar-refractivity contribution in [3.8, 4) is 16.9 Å². The van der Waals surface area contributed by atoms with Crippen molar-refractivity contribution in [2.75, 3.05) is 13.7 Å². The van der Waals surface area contributed by atoms with Crippen molar-refractivity contribution in [3.63, 3.8) is 0 Å². The zero-order valence-corrected chi connectivity index (χ0v) is 16.7. The quantitative estimate of drug-likeness (QED) is 0.403. The van der Waals surface area contributed by atoms with Crippen LogP contribution in [-0.2, 0) is 15.3 Å². The Labute approximate surface area is 169 Å². The van der Waals surface area contributed by atoms with Gasteiger partial charge >= 0.3 is 0 Å². The highest BCUT2D eigenvalue weighted by Gasteiger charge is 2.26. The molecule has 0 aliphatic rings. The average Bonchev–Trinajstić information content (AvgIpc) is 2.72. The van der Waals surface area contributed by atoms with Crippen LogP contribution in [0.25, 0.3) is 32.7 Å². The van der Waals surface area contributed by atoms with Gasteiger partial charge in [-0.15, -0.1) is 0 Å². The van der Waals surface area contributed by atoms with Crippen LogP contribution in [-0.4, -0.2) is 17.9 Å². The monoisotopic (exact) mass is 412 g/mol. The van der Waals surface area contributed by atoms with Crippen LogP contribution < -0.4 is 4.74 Å². The number of hydrogen-bond acceptors (Lipinski definition) is 3. The molecule has 0 N–H and O–H groups in total. The minimum absolute atomic E-state index is 0.0331. The van der Waals surface area contributed by atoms with Gasteiger partial charge in [-0.2, -0.15) is 0 Å². The fraction of sp³-hybridized carbons (Fsp3) is 0.130. The van der Waals surface area contributed by atoms with Gasteiger partial charge in [0.05, 0.1) is 13.7 Å². The Balaban J connectivity index is 2.25. The summed E-state index contributed by atoms with van der Waals surface area (Å²) in [5.74, 6) is -1.29. The third kappa shape index (κ3) is 3.28. The first kappa shape index (κ1) is 19.5. The summed E-state index contributed by atoms with van der Waals surface area (Å²) in [5, 5.41) is 2.53. The normalized spacial score (nSPS) is 12.4. The predicted molar refractivity (Wildman–Crippen MR) is 111 cm³/mol. The summed E-state index contributed by atoms with van der Waals surface area (Å²) in [5.41, 5.74) is 0.654. The van der Waals surface area contributed by atoms with E-state index in [2.05, 4.69) is 0 Å². The lowest BCUT2D eigenvalue weighted by molar-refractivity contribution is 0.369. The Hall–Kier alpha value is -2.83. The van der Waals surface area contributed by atoms with Gasteiger partial charge in [0.1, 0.15) is 10.7 Å². The molecule has 0 saturated carbocycles. The lowest BCUT2D eigenvalue weighted by Gasteiger charge is -2.19. The zero-order chi connectivity index (χ0) is 20.5. The Kier molecular flexibility index (Phi) is 5.30. The molecule has 0 saturated heterocycles. The molecule has 3 nitrogen and oxygen atoms in total. The predicted octanol–water partition coefficient (Wildman–Crippen LogP) is 6.01. The highest BCUT2D eigenvalue weighted by atomic mass is 32.2. The Morgan fingerprint density at radius 2 is 1.41 bits per heavy atom. The molecule has 1 unspecified atom stereocenters. The fourth-order valence-electron chi connectivity index (χ4n) is 3.61. The molecule has 4 rings (SSSR count). The maximum atomic E-state index is 15.2. The molecular formula is C23H18F2O3S. The van der Waals surface area contributed by atoms with E-state index in [-0.39, 0.29) is 17.3 Å². The molecule has 4 aromatic carbocycles. The number of halogens is 2. The van der Waals surface area contributed by atoms with Crippen molar-refractivity contribution in [3.05, 3.63) is 72.3 Å². The second kappa shape index (κ2) is 7.89. The summed E-state index contributed by atoms with van der Waals surface area (Å²) in [6, 6.07) is 17.0. The van der Waals surface area contributed by atoms with E-state index in [0.29, 0.717) is 32.7 Å². The third-order valence-corrected chi connectivity index (χ3v) is 5.94. The maximum absolute atomic E-state index is 15.2. The number of fused-ring (bicyclic) bond motifs is 2. The molecule has 4 aromatic rings. The van der Waals surface area contributed by atoms with Gasteiger partial charge in [-0.05, 0) is 40.6 Å². The van der Waals surface area contributed by atoms with Gasteiger partial charge < -0.3 is 4.74 Å². The van der Waals surface area contributed by atoms with E-state index in [1.165, 1.54) is 19.2 Å². The second-order valence-electron chi connectivity index (χ2n) is 6.41. The highest BCUT2D eigenvalue weighted by Crippen LogP contribution is 2.45. The summed E-state index contributed by atoms with van der Waals surface area (Å²) in [7, 11) is 1.36. The molecule has 0 radical (unpaired) electrons. The van der Waals surface area contributed by atoms with Crippen LogP contribution in [0, 0.1) is 11.6 Å². The van der Waals surface area contributed by atoms with Crippen LogP contribution in [0.2, 0.25) is 0 Å². The van der Waals surface area contributed by atoms with Crippen LogP contribution in [0.15, 0.2) is 65.6 Å². The molecule has 0 spiro atoms. The minimum Gasteiger partial charge on any atom is -0.493 e. The van der Waals surface area contributed by atoms with Gasteiger partial charge in [0.2, 0.25) is 0 Å². The third-order valence-electron chi connectivity index (χ3n) is 4.76. The van der Waals surface area contributed by atoms with Crippen LogP contribution in [0.4, 0.5) is 8.78 Å². The molecule has 148 valence electrons. The molecule has 0 fully saturated rings. The van der Waals surface area contributed by atoms with Crippen molar-refractivity contribution in [2.24, 2.45) is 0 Å². The number of ether oxygens (including phenoxy) is 1. The smallest absolute Gasteiger partial charge is 0.192 e. The Bertz CT molecular complexity index is 1250. The van der Waals surface area contributed by atoms with Crippen molar-refractivity contribution >= 4 is 32.6 Å². The van der Waals surface area contributed by atoms with Gasteiger partial charge in [0.15, 0.2) is 22.6 Å². The summed E-state index contributed by atoms with van der Waals surface area (Å²) in [4.78, 5) is -0.125.